The Balaban J connectivity index is 1.76. The summed E-state index contributed by atoms with van der Waals surface area (Å²) in [5.74, 6) is -1.18. The molecule has 0 atom stereocenters. The molecule has 30 heavy (non-hydrogen) atoms. The average Bonchev–Trinajstić information content (AvgIpc) is 3.17. The van der Waals surface area contributed by atoms with Crippen LogP contribution in [0.3, 0.4) is 0 Å². The summed E-state index contributed by atoms with van der Waals surface area (Å²) in [4.78, 5) is 26.2. The van der Waals surface area contributed by atoms with Crippen LogP contribution in [0.4, 0.5) is 5.69 Å². The minimum absolute atomic E-state index is 0.0753. The van der Waals surface area contributed by atoms with Gasteiger partial charge in [-0.05, 0) is 42.5 Å². The van der Waals surface area contributed by atoms with Gasteiger partial charge in [-0.3, -0.25) is 9.59 Å². The van der Waals surface area contributed by atoms with Crippen molar-refractivity contribution in [1.29, 1.82) is 0 Å². The molecule has 0 saturated heterocycles. The molecule has 0 unspecified atom stereocenters. The molecule has 0 spiro atoms. The van der Waals surface area contributed by atoms with Crippen molar-refractivity contribution < 1.29 is 22.4 Å². The van der Waals surface area contributed by atoms with Crippen LogP contribution in [-0.4, -0.2) is 39.2 Å². The van der Waals surface area contributed by atoms with E-state index in [1.54, 1.807) is 38.4 Å². The van der Waals surface area contributed by atoms with Crippen molar-refractivity contribution in [3.63, 3.8) is 0 Å². The molecule has 9 heteroatoms. The normalized spacial score (nSPS) is 11.2. The van der Waals surface area contributed by atoms with E-state index >= 15 is 0 Å². The quantitative estimate of drug-likeness (QED) is 0.620. The van der Waals surface area contributed by atoms with E-state index in [1.165, 1.54) is 41.3 Å². The molecule has 2 amide bonds. The molecule has 1 heterocycles. The largest absolute Gasteiger partial charge is 0.455 e. The summed E-state index contributed by atoms with van der Waals surface area (Å²) >= 11 is 6.12. The first kappa shape index (κ1) is 21.6. The summed E-state index contributed by atoms with van der Waals surface area (Å²) in [5.41, 5.74) is 0.595. The summed E-state index contributed by atoms with van der Waals surface area (Å²) < 4.78 is 30.3. The lowest BCUT2D eigenvalue weighted by Gasteiger charge is -2.12. The van der Waals surface area contributed by atoms with Crippen molar-refractivity contribution in [1.82, 2.24) is 4.90 Å². The average molecular weight is 447 g/mol. The topological polar surface area (TPSA) is 96.7 Å². The number of amides is 2. The number of hydrogen-bond donors (Lipinski definition) is 1. The molecular weight excluding hydrogens is 428 g/mol. The van der Waals surface area contributed by atoms with Crippen LogP contribution in [0.25, 0.3) is 0 Å². The second-order valence-corrected chi connectivity index (χ2v) is 9.08. The van der Waals surface area contributed by atoms with Gasteiger partial charge >= 0.3 is 0 Å². The fourth-order valence-electron chi connectivity index (χ4n) is 2.67. The number of sulfone groups is 1. The smallest absolute Gasteiger partial charge is 0.291 e. The van der Waals surface area contributed by atoms with E-state index in [0.29, 0.717) is 5.56 Å². The Morgan fingerprint density at radius 2 is 1.73 bits per heavy atom. The maximum absolute atomic E-state index is 12.5. The molecule has 0 aliphatic rings. The van der Waals surface area contributed by atoms with Gasteiger partial charge in [0.2, 0.25) is 0 Å². The van der Waals surface area contributed by atoms with Gasteiger partial charge in [-0.1, -0.05) is 29.8 Å². The first-order valence-corrected chi connectivity index (χ1v) is 10.9. The maximum Gasteiger partial charge on any atom is 0.291 e. The summed E-state index contributed by atoms with van der Waals surface area (Å²) in [6.45, 7) is 0. The van der Waals surface area contributed by atoms with E-state index in [-0.39, 0.29) is 38.8 Å². The number of rotatable bonds is 6. The number of hydrogen-bond acceptors (Lipinski definition) is 5. The zero-order valence-corrected chi connectivity index (χ0v) is 17.8. The van der Waals surface area contributed by atoms with Gasteiger partial charge in [-0.2, -0.15) is 0 Å². The molecule has 0 saturated carbocycles. The molecule has 0 radical (unpaired) electrons. The standard InChI is InChI=1S/C21H19ClN2O5S/c1-24(2)21(26)14-8-10-17(22)18(12-14)23-20(25)19-11-9-15(29-19)13-30(27,28)16-6-4-3-5-7-16/h3-12H,13H2,1-2H3,(H,23,25). The van der Waals surface area contributed by atoms with Crippen molar-refractivity contribution >= 4 is 38.9 Å². The summed E-state index contributed by atoms with van der Waals surface area (Å²) in [6, 6.07) is 15.3. The van der Waals surface area contributed by atoms with Crippen LogP contribution < -0.4 is 5.32 Å². The third kappa shape index (κ3) is 4.90. The molecule has 0 fully saturated rings. The lowest BCUT2D eigenvalue weighted by atomic mass is 10.1. The molecular formula is C21H19ClN2O5S. The van der Waals surface area contributed by atoms with E-state index in [1.807, 2.05) is 0 Å². The Hall–Kier alpha value is -3.10. The van der Waals surface area contributed by atoms with E-state index in [0.717, 1.165) is 0 Å². The van der Waals surface area contributed by atoms with Crippen LogP contribution in [-0.2, 0) is 15.6 Å². The fourth-order valence-corrected chi connectivity index (χ4v) is 4.11. The van der Waals surface area contributed by atoms with Crippen molar-refractivity contribution in [3.8, 4) is 0 Å². The first-order chi connectivity index (χ1) is 14.2. The highest BCUT2D eigenvalue weighted by Gasteiger charge is 2.20. The van der Waals surface area contributed by atoms with Crippen molar-refractivity contribution in [2.24, 2.45) is 0 Å². The minimum atomic E-state index is -3.60. The zero-order valence-electron chi connectivity index (χ0n) is 16.3. The number of nitrogens with zero attached hydrogens (tertiary/aromatic N) is 1. The third-order valence-corrected chi connectivity index (χ3v) is 6.17. The monoisotopic (exact) mass is 446 g/mol. The van der Waals surface area contributed by atoms with E-state index < -0.39 is 15.7 Å². The number of benzene rings is 2. The number of furan rings is 1. The zero-order chi connectivity index (χ0) is 21.9. The number of anilines is 1. The van der Waals surface area contributed by atoms with Crippen LogP contribution in [0, 0.1) is 0 Å². The molecule has 0 bridgehead atoms. The molecule has 3 rings (SSSR count). The van der Waals surface area contributed by atoms with Gasteiger partial charge in [-0.25, -0.2) is 8.42 Å². The van der Waals surface area contributed by atoms with E-state index in [4.69, 9.17) is 16.0 Å². The SMILES string of the molecule is CN(C)C(=O)c1ccc(Cl)c(NC(=O)c2ccc(CS(=O)(=O)c3ccccc3)o2)c1. The molecule has 0 aliphatic heterocycles. The number of nitrogens with one attached hydrogen (secondary N) is 1. The third-order valence-electron chi connectivity index (χ3n) is 4.19. The van der Waals surface area contributed by atoms with E-state index in [9.17, 15) is 18.0 Å². The maximum atomic E-state index is 12.5. The molecule has 1 aromatic heterocycles. The summed E-state index contributed by atoms with van der Waals surface area (Å²) in [7, 11) is -0.375. The predicted molar refractivity (Wildman–Crippen MR) is 113 cm³/mol. The summed E-state index contributed by atoms with van der Waals surface area (Å²) in [5, 5.41) is 2.83. The molecule has 1 N–H and O–H groups in total. The Morgan fingerprint density at radius 1 is 1.03 bits per heavy atom. The van der Waals surface area contributed by atoms with E-state index in [2.05, 4.69) is 5.32 Å². The molecule has 3 aromatic rings. The van der Waals surface area contributed by atoms with Crippen molar-refractivity contribution in [2.45, 2.75) is 10.6 Å². The highest BCUT2D eigenvalue weighted by Crippen LogP contribution is 2.25. The van der Waals surface area contributed by atoms with Crippen LogP contribution in [0.15, 0.2) is 70.0 Å². The lowest BCUT2D eigenvalue weighted by Crippen LogP contribution is -2.22. The van der Waals surface area contributed by atoms with Gasteiger partial charge in [-0.15, -0.1) is 0 Å². The fraction of sp³-hybridized carbons (Fsp3) is 0.143. The van der Waals surface area contributed by atoms with Gasteiger partial charge in [0.1, 0.15) is 11.5 Å². The van der Waals surface area contributed by atoms with Gasteiger partial charge in [0, 0.05) is 19.7 Å². The number of halogens is 1. The highest BCUT2D eigenvalue weighted by molar-refractivity contribution is 7.90. The van der Waals surface area contributed by atoms with Gasteiger partial charge in [0.25, 0.3) is 11.8 Å². The van der Waals surface area contributed by atoms with Gasteiger partial charge < -0.3 is 14.6 Å². The van der Waals surface area contributed by atoms with Crippen molar-refractivity contribution in [2.75, 3.05) is 19.4 Å². The Bertz CT molecular complexity index is 1190. The predicted octanol–water partition coefficient (Wildman–Crippen LogP) is 3.86. The Morgan fingerprint density at radius 3 is 2.40 bits per heavy atom. The molecule has 0 aliphatic carbocycles. The van der Waals surface area contributed by atoms with Crippen LogP contribution in [0.1, 0.15) is 26.7 Å². The Labute approximate surface area is 179 Å². The van der Waals surface area contributed by atoms with Crippen LogP contribution in [0.2, 0.25) is 5.02 Å². The second kappa shape index (κ2) is 8.73. The molecule has 2 aromatic carbocycles. The lowest BCUT2D eigenvalue weighted by molar-refractivity contribution is 0.0827. The Kier molecular flexibility index (Phi) is 6.28. The first-order valence-electron chi connectivity index (χ1n) is 8.86. The second-order valence-electron chi connectivity index (χ2n) is 6.69. The van der Waals surface area contributed by atoms with Gasteiger partial charge in [0.15, 0.2) is 15.6 Å². The number of carbonyl (C=O) groups is 2. The highest BCUT2D eigenvalue weighted by atomic mass is 35.5. The van der Waals surface area contributed by atoms with Crippen LogP contribution >= 0.6 is 11.6 Å². The minimum Gasteiger partial charge on any atom is -0.455 e. The summed E-state index contributed by atoms with van der Waals surface area (Å²) in [6.07, 6.45) is 0. The molecule has 7 nitrogen and oxygen atoms in total. The van der Waals surface area contributed by atoms with Gasteiger partial charge in [0.05, 0.1) is 15.6 Å². The number of carbonyl (C=O) groups excluding carboxylic acids is 2. The van der Waals surface area contributed by atoms with Crippen molar-refractivity contribution in [3.05, 3.63) is 82.8 Å². The molecule has 156 valence electrons. The van der Waals surface area contributed by atoms with Crippen LogP contribution in [0.5, 0.6) is 0 Å².